The maximum absolute atomic E-state index is 11.0. The van der Waals surface area contributed by atoms with Gasteiger partial charge in [0.25, 0.3) is 0 Å². The zero-order valence-corrected chi connectivity index (χ0v) is 11.0. The van der Waals surface area contributed by atoms with E-state index in [4.69, 9.17) is 0 Å². The second-order valence-corrected chi connectivity index (χ2v) is 5.67. The molecule has 11 heteroatoms. The van der Waals surface area contributed by atoms with Crippen LogP contribution in [0.5, 0.6) is 0 Å². The number of hydrogen-bond donors (Lipinski definition) is 2. The molecule has 0 bridgehead atoms. The highest BCUT2D eigenvalue weighted by Crippen LogP contribution is 2.06. The molecular weight excluding hydrogens is 260 g/mol. The minimum atomic E-state index is -3.42. The van der Waals surface area contributed by atoms with Crippen molar-refractivity contribution < 1.29 is 17.7 Å². The predicted octanol–water partition coefficient (Wildman–Crippen LogP) is -0.963. The summed E-state index contributed by atoms with van der Waals surface area (Å²) in [6.07, 6.45) is 1.72. The molecule has 0 aromatic rings. The molecule has 0 radical (unpaired) electrons. The van der Waals surface area contributed by atoms with Crippen molar-refractivity contribution >= 4 is 50.0 Å². The van der Waals surface area contributed by atoms with Crippen LogP contribution in [-0.4, -0.2) is 40.2 Å². The first-order valence-corrected chi connectivity index (χ1v) is 7.64. The highest BCUT2D eigenvalue weighted by atomic mass is 32.2. The van der Waals surface area contributed by atoms with E-state index in [1.807, 2.05) is 0 Å². The fourth-order valence-electron chi connectivity index (χ4n) is 0.469. The van der Waals surface area contributed by atoms with E-state index in [0.29, 0.717) is 0 Å². The number of carbonyl (C=O) groups excluding carboxylic acids is 1. The Hall–Kier alpha value is -0.305. The minimum Gasteiger partial charge on any atom is -0.415 e. The lowest BCUT2D eigenvalue weighted by atomic mass is 10.5. The smallest absolute Gasteiger partial charge is 0.415 e. The molecule has 15 heavy (non-hydrogen) atoms. The molecule has 0 saturated heterocycles. The molecule has 0 aliphatic carbocycles. The standard InChI is InChI=1S/C4H11BN3O4PS2/c1-14-3(7-15(2,10)11)6-4(9)12-13-8-5/h8,13H,5H2,1-2H3,(H,6,7,9). The van der Waals surface area contributed by atoms with Gasteiger partial charge in [0.15, 0.2) is 13.1 Å². The molecule has 1 atom stereocenters. The number of amidine groups is 1. The number of hydrogen-bond acceptors (Lipinski definition) is 6. The van der Waals surface area contributed by atoms with Gasteiger partial charge in [0.1, 0.15) is 8.96 Å². The summed E-state index contributed by atoms with van der Waals surface area (Å²) in [6.45, 7) is 0. The van der Waals surface area contributed by atoms with Gasteiger partial charge >= 0.3 is 6.09 Å². The Morgan fingerprint density at radius 2 is 2.20 bits per heavy atom. The lowest BCUT2D eigenvalue weighted by Gasteiger charge is -2.04. The molecule has 0 heterocycles. The molecule has 0 saturated carbocycles. The number of thioether (sulfide) groups is 1. The lowest BCUT2D eigenvalue weighted by Crippen LogP contribution is -2.27. The quantitative estimate of drug-likeness (QED) is 0.297. The molecule has 0 spiro atoms. The Balaban J connectivity index is 4.39. The van der Waals surface area contributed by atoms with Gasteiger partial charge in [0.2, 0.25) is 10.0 Å². The highest BCUT2D eigenvalue weighted by molar-refractivity contribution is 8.14. The van der Waals surface area contributed by atoms with Crippen molar-refractivity contribution in [1.29, 1.82) is 0 Å². The molecule has 86 valence electrons. The van der Waals surface area contributed by atoms with Gasteiger partial charge in [-0.25, -0.2) is 13.2 Å². The van der Waals surface area contributed by atoms with E-state index in [9.17, 15) is 13.2 Å². The van der Waals surface area contributed by atoms with Gasteiger partial charge in [-0.2, -0.15) is 4.99 Å². The molecule has 2 N–H and O–H groups in total. The Morgan fingerprint density at radius 1 is 1.60 bits per heavy atom. The third-order valence-electron chi connectivity index (χ3n) is 0.899. The van der Waals surface area contributed by atoms with E-state index in [1.165, 1.54) is 0 Å². The fraction of sp³-hybridized carbons (Fsp3) is 0.500. The summed E-state index contributed by atoms with van der Waals surface area (Å²) >= 11 is 1.00. The van der Waals surface area contributed by atoms with Gasteiger partial charge in [-0.3, -0.25) is 4.72 Å². The van der Waals surface area contributed by atoms with Crippen LogP contribution in [0.3, 0.4) is 0 Å². The van der Waals surface area contributed by atoms with Crippen LogP contribution in [0.2, 0.25) is 0 Å². The fourth-order valence-corrected chi connectivity index (χ4v) is 2.02. The van der Waals surface area contributed by atoms with E-state index < -0.39 is 16.1 Å². The number of nitrogens with zero attached hydrogens (tertiary/aromatic N) is 1. The van der Waals surface area contributed by atoms with E-state index in [-0.39, 0.29) is 14.1 Å². The topological polar surface area (TPSA) is 96.9 Å². The maximum atomic E-state index is 11.0. The predicted molar refractivity (Wildman–Crippen MR) is 65.4 cm³/mol. The normalized spacial score (nSPS) is 13.1. The molecule has 0 aromatic heterocycles. The number of nitrogens with one attached hydrogen (secondary N) is 2. The Labute approximate surface area is 95.2 Å². The summed E-state index contributed by atoms with van der Waals surface area (Å²) < 4.78 is 28.3. The molecule has 7 nitrogen and oxygen atoms in total. The van der Waals surface area contributed by atoms with E-state index >= 15 is 0 Å². The zero-order chi connectivity index (χ0) is 11.9. The van der Waals surface area contributed by atoms with Crippen LogP contribution in [0.1, 0.15) is 0 Å². The van der Waals surface area contributed by atoms with Crippen LogP contribution in [0.4, 0.5) is 4.79 Å². The molecule has 1 amide bonds. The van der Waals surface area contributed by atoms with E-state index in [1.54, 1.807) is 14.2 Å². The summed E-state index contributed by atoms with van der Waals surface area (Å²) in [5, 5.41) is -0.0246. The minimum absolute atomic E-state index is 0.0246. The van der Waals surface area contributed by atoms with Crippen LogP contribution in [0.15, 0.2) is 4.99 Å². The molecule has 0 fully saturated rings. The molecule has 0 aromatic carbocycles. The SMILES string of the molecule is BNPOC(=O)/N=C(/NS(C)(=O)=O)SC. The van der Waals surface area contributed by atoms with Crippen LogP contribution in [0, 0.1) is 0 Å². The second-order valence-electron chi connectivity index (χ2n) is 2.22. The first-order valence-electron chi connectivity index (χ1n) is 3.62. The van der Waals surface area contributed by atoms with Crippen LogP contribution in [0.25, 0.3) is 0 Å². The van der Waals surface area contributed by atoms with Crippen molar-refractivity contribution in [3.63, 3.8) is 0 Å². The average Bonchev–Trinajstić information content (AvgIpc) is 2.11. The summed E-state index contributed by atoms with van der Waals surface area (Å²) in [7, 11) is -2.02. The zero-order valence-electron chi connectivity index (χ0n) is 8.40. The van der Waals surface area contributed by atoms with Gasteiger partial charge in [-0.05, 0) is 6.26 Å². The first kappa shape index (κ1) is 14.7. The van der Waals surface area contributed by atoms with Crippen molar-refractivity contribution in [2.24, 2.45) is 4.99 Å². The van der Waals surface area contributed by atoms with Crippen LogP contribution in [-0.2, 0) is 14.5 Å². The molecule has 0 aliphatic heterocycles. The van der Waals surface area contributed by atoms with Gasteiger partial charge in [-0.1, -0.05) is 11.8 Å². The summed E-state index contributed by atoms with van der Waals surface area (Å²) in [5.41, 5.74) is 0. The van der Waals surface area contributed by atoms with E-state index in [0.717, 1.165) is 18.0 Å². The second kappa shape index (κ2) is 7.05. The monoisotopic (exact) mass is 271 g/mol. The number of amides is 1. The Morgan fingerprint density at radius 3 is 2.60 bits per heavy atom. The van der Waals surface area contributed by atoms with Gasteiger partial charge < -0.3 is 9.52 Å². The third-order valence-corrected chi connectivity index (χ3v) is 2.65. The van der Waals surface area contributed by atoms with Crippen molar-refractivity contribution in [3.8, 4) is 0 Å². The van der Waals surface area contributed by atoms with Gasteiger partial charge in [0.05, 0.1) is 6.26 Å². The Bertz CT molecular complexity index is 346. The van der Waals surface area contributed by atoms with Crippen molar-refractivity contribution in [2.75, 3.05) is 12.5 Å². The van der Waals surface area contributed by atoms with Crippen molar-refractivity contribution in [2.45, 2.75) is 0 Å². The molecular formula is C4H11BN3O4PS2. The Kier molecular flexibility index (Phi) is 6.91. The molecule has 0 rings (SSSR count). The number of sulfonamides is 1. The number of aliphatic imine (C=N–C) groups is 1. The van der Waals surface area contributed by atoms with Gasteiger partial charge in [-0.15, -0.1) is 0 Å². The van der Waals surface area contributed by atoms with Crippen LogP contribution >= 0.6 is 20.7 Å². The lowest BCUT2D eigenvalue weighted by molar-refractivity contribution is 0.217. The number of rotatable bonds is 3. The average molecular weight is 271 g/mol. The largest absolute Gasteiger partial charge is 0.439 e. The summed E-state index contributed by atoms with van der Waals surface area (Å²) in [4.78, 5) is 17.0. The highest BCUT2D eigenvalue weighted by Gasteiger charge is 2.08. The van der Waals surface area contributed by atoms with Gasteiger partial charge in [0, 0.05) is 0 Å². The molecule has 1 unspecified atom stereocenters. The number of carbonyl (C=O) groups is 1. The molecule has 0 aliphatic rings. The maximum Gasteiger partial charge on any atom is 0.439 e. The van der Waals surface area contributed by atoms with E-state index in [2.05, 4.69) is 19.2 Å². The first-order chi connectivity index (χ1) is 6.89. The van der Waals surface area contributed by atoms with Crippen molar-refractivity contribution in [3.05, 3.63) is 0 Å². The summed E-state index contributed by atoms with van der Waals surface area (Å²) in [5.74, 6) is 0. The third kappa shape index (κ3) is 8.67. The van der Waals surface area contributed by atoms with Crippen LogP contribution < -0.4 is 9.72 Å². The van der Waals surface area contributed by atoms with Crippen molar-refractivity contribution in [1.82, 2.24) is 9.72 Å². The summed E-state index contributed by atoms with van der Waals surface area (Å²) in [6, 6.07) is 0.